The van der Waals surface area contributed by atoms with E-state index in [1.165, 1.54) is 0 Å². The number of carbonyl (C=O) groups is 3. The van der Waals surface area contributed by atoms with Crippen molar-refractivity contribution >= 4 is 29.4 Å². The molecule has 0 amide bonds. The van der Waals surface area contributed by atoms with E-state index in [-0.39, 0.29) is 114 Å². The van der Waals surface area contributed by atoms with E-state index in [9.17, 15) is 0 Å². The van der Waals surface area contributed by atoms with Crippen molar-refractivity contribution in [3.8, 4) is 0 Å². The molecule has 0 unspecified atom stereocenters. The molecule has 0 heterocycles. The minimum absolute atomic E-state index is 0. The number of hydrogen-bond donors (Lipinski definition) is 4. The van der Waals surface area contributed by atoms with Crippen LogP contribution in [0.5, 0.6) is 0 Å². The predicted octanol–water partition coefficient (Wildman–Crippen LogP) is -8.38. The third-order valence-electron chi connectivity index (χ3n) is 0. The zero-order valence-electron chi connectivity index (χ0n) is 7.83. The van der Waals surface area contributed by atoms with Crippen molar-refractivity contribution in [1.29, 1.82) is 0 Å². The Morgan fingerprint density at radius 1 is 0.733 bits per heavy atom. The molecule has 15 heavy (non-hydrogen) atoms. The van der Waals surface area contributed by atoms with Crippen molar-refractivity contribution in [3.05, 3.63) is 0 Å². The van der Waals surface area contributed by atoms with Crippen LogP contribution in [0.1, 0.15) is 0 Å². The standard InChI is InChI=1S/3CH2O3.2K.Si/c3*2-1(3)4;;;/h3*(H2,2,3,4);;;/q;;;2*+1;/p-2. The molecule has 0 aliphatic rings. The van der Waals surface area contributed by atoms with Crippen molar-refractivity contribution < 1.29 is 148 Å². The van der Waals surface area contributed by atoms with Crippen LogP contribution in [-0.4, -0.2) is 49.9 Å². The largest absolute Gasteiger partial charge is 1.00 e. The normalized spacial score (nSPS) is 4.80. The van der Waals surface area contributed by atoms with Gasteiger partial charge in [0.25, 0.3) is 0 Å². The Morgan fingerprint density at radius 2 is 0.733 bits per heavy atom. The van der Waals surface area contributed by atoms with Gasteiger partial charge in [0.2, 0.25) is 0 Å². The van der Waals surface area contributed by atoms with Gasteiger partial charge in [-0.3, -0.25) is 0 Å². The third-order valence-corrected chi connectivity index (χ3v) is 0. The average molecular weight is 290 g/mol. The van der Waals surface area contributed by atoms with Gasteiger partial charge in [-0.25, -0.2) is 9.59 Å². The Labute approximate surface area is 173 Å². The summed E-state index contributed by atoms with van der Waals surface area (Å²) in [5.74, 6) is 0. The van der Waals surface area contributed by atoms with Crippen molar-refractivity contribution in [2.24, 2.45) is 0 Å². The van der Waals surface area contributed by atoms with Gasteiger partial charge in [0, 0.05) is 11.0 Å². The molecule has 0 saturated heterocycles. The van der Waals surface area contributed by atoms with E-state index < -0.39 is 18.5 Å². The molecule has 0 rings (SSSR count). The van der Waals surface area contributed by atoms with Crippen LogP contribution in [0.2, 0.25) is 0 Å². The van der Waals surface area contributed by atoms with E-state index >= 15 is 0 Å². The summed E-state index contributed by atoms with van der Waals surface area (Å²) in [4.78, 5) is 25.4. The zero-order valence-corrected chi connectivity index (χ0v) is 15.1. The maximum Gasteiger partial charge on any atom is 1.00 e. The molecule has 0 bridgehead atoms. The van der Waals surface area contributed by atoms with Gasteiger partial charge in [0.15, 0.2) is 0 Å². The Hall–Kier alpha value is 1.30. The number of carbonyl (C=O) groups excluding carboxylic acids is 1. The first-order chi connectivity index (χ1) is 5.20. The Kier molecular flexibility index (Phi) is 70.7. The summed E-state index contributed by atoms with van der Waals surface area (Å²) in [6, 6.07) is 0. The van der Waals surface area contributed by atoms with E-state index in [1.54, 1.807) is 0 Å². The monoisotopic (exact) mass is 290 g/mol. The fourth-order valence-corrected chi connectivity index (χ4v) is 0. The molecule has 9 nitrogen and oxygen atoms in total. The molecule has 76 valence electrons. The molecular weight excluding hydrogens is 286 g/mol. The van der Waals surface area contributed by atoms with Crippen LogP contribution in [0.15, 0.2) is 0 Å². The fraction of sp³-hybridized carbons (Fsp3) is 0. The van der Waals surface area contributed by atoms with Crippen LogP contribution in [0.3, 0.4) is 0 Å². The van der Waals surface area contributed by atoms with Crippen LogP contribution in [0, 0.1) is 0 Å². The van der Waals surface area contributed by atoms with Gasteiger partial charge < -0.3 is 35.4 Å². The summed E-state index contributed by atoms with van der Waals surface area (Å²) in [5, 5.41) is 44.6. The minimum Gasteiger partial charge on any atom is -0.652 e. The molecule has 0 aliphatic carbocycles. The second kappa shape index (κ2) is 29.5. The van der Waals surface area contributed by atoms with Crippen molar-refractivity contribution in [1.82, 2.24) is 0 Å². The van der Waals surface area contributed by atoms with Gasteiger partial charge in [0.05, 0.1) is 0 Å². The fourth-order valence-electron chi connectivity index (χ4n) is 0. The van der Waals surface area contributed by atoms with E-state index in [2.05, 4.69) is 0 Å². The smallest absolute Gasteiger partial charge is 0.652 e. The van der Waals surface area contributed by atoms with Crippen LogP contribution >= 0.6 is 0 Å². The van der Waals surface area contributed by atoms with Crippen LogP contribution < -0.4 is 113 Å². The summed E-state index contributed by atoms with van der Waals surface area (Å²) < 4.78 is 0. The van der Waals surface area contributed by atoms with Crippen LogP contribution in [0.25, 0.3) is 0 Å². The molecule has 0 aromatic heterocycles. The van der Waals surface area contributed by atoms with E-state index in [1.807, 2.05) is 0 Å². The molecular formula is C3H4K2O9Si. The number of hydrogen-bond acceptors (Lipinski definition) is 5. The maximum absolute atomic E-state index is 8.56. The van der Waals surface area contributed by atoms with E-state index in [0.29, 0.717) is 0 Å². The third kappa shape index (κ3) is 1600. The van der Waals surface area contributed by atoms with Crippen molar-refractivity contribution in [2.45, 2.75) is 0 Å². The van der Waals surface area contributed by atoms with E-state index in [0.717, 1.165) is 0 Å². The molecule has 4 N–H and O–H groups in total. The van der Waals surface area contributed by atoms with Crippen LogP contribution in [-0.2, 0) is 0 Å². The first-order valence-corrected chi connectivity index (χ1v) is 1.92. The molecule has 0 fully saturated rings. The summed E-state index contributed by atoms with van der Waals surface area (Å²) in [6.45, 7) is 0. The molecule has 0 atom stereocenters. The van der Waals surface area contributed by atoms with Crippen LogP contribution in [0.4, 0.5) is 14.4 Å². The Morgan fingerprint density at radius 3 is 0.733 bits per heavy atom. The molecule has 0 aromatic carbocycles. The predicted molar refractivity (Wildman–Crippen MR) is 32.5 cm³/mol. The van der Waals surface area contributed by atoms with Gasteiger partial charge in [-0.2, -0.15) is 0 Å². The Bertz CT molecular complexity index is 121. The molecule has 0 aromatic rings. The van der Waals surface area contributed by atoms with Crippen molar-refractivity contribution in [3.63, 3.8) is 0 Å². The molecule has 4 radical (unpaired) electrons. The van der Waals surface area contributed by atoms with Crippen molar-refractivity contribution in [2.75, 3.05) is 0 Å². The first kappa shape index (κ1) is 36.0. The topological polar surface area (TPSA) is 178 Å². The number of carboxylic acid groups (broad SMARTS) is 6. The summed E-state index contributed by atoms with van der Waals surface area (Å²) in [7, 11) is 0. The quantitative estimate of drug-likeness (QED) is 0.315. The maximum atomic E-state index is 8.56. The average Bonchev–Trinajstić information content (AvgIpc) is 1.54. The molecule has 0 saturated carbocycles. The second-order valence-corrected chi connectivity index (χ2v) is 0.815. The van der Waals surface area contributed by atoms with Gasteiger partial charge >= 0.3 is 115 Å². The zero-order chi connectivity index (χ0) is 10.7. The summed E-state index contributed by atoms with van der Waals surface area (Å²) >= 11 is 0. The first-order valence-electron chi connectivity index (χ1n) is 1.92. The number of rotatable bonds is 0. The molecule has 12 heteroatoms. The molecule has 0 aliphatic heterocycles. The minimum atomic E-state index is -2.33. The SMILES string of the molecule is O=C(O)O.O=C(O)O.O=C([O-])[O-].[K+].[K+].[Si]. The summed E-state index contributed by atoms with van der Waals surface area (Å²) in [6.07, 6.45) is -6.00. The second-order valence-electron chi connectivity index (χ2n) is 0.815. The van der Waals surface area contributed by atoms with Gasteiger partial charge in [-0.1, -0.05) is 0 Å². The molecule has 0 spiro atoms. The van der Waals surface area contributed by atoms with E-state index in [4.69, 9.17) is 45.0 Å². The van der Waals surface area contributed by atoms with Gasteiger partial charge in [-0.05, 0) is 6.16 Å². The Balaban J connectivity index is -0.0000000184. The van der Waals surface area contributed by atoms with Gasteiger partial charge in [-0.15, -0.1) is 0 Å². The van der Waals surface area contributed by atoms with Gasteiger partial charge in [0.1, 0.15) is 0 Å². The summed E-state index contributed by atoms with van der Waals surface area (Å²) in [5.41, 5.74) is 0.